The number of nitrogens with zero attached hydrogens (tertiary/aromatic N) is 3. The number of halogens is 1. The summed E-state index contributed by atoms with van der Waals surface area (Å²) in [5.41, 5.74) is 3.61. The quantitative estimate of drug-likeness (QED) is 0.678. The van der Waals surface area contributed by atoms with E-state index in [1.165, 1.54) is 18.3 Å². The summed E-state index contributed by atoms with van der Waals surface area (Å²) >= 11 is 1.01. The molecule has 1 aromatic heterocycles. The summed E-state index contributed by atoms with van der Waals surface area (Å²) in [6.07, 6.45) is 1.43. The van der Waals surface area contributed by atoms with E-state index in [4.69, 9.17) is 0 Å². The summed E-state index contributed by atoms with van der Waals surface area (Å²) in [4.78, 5) is 12.0. The lowest BCUT2D eigenvalue weighted by Gasteiger charge is -1.96. The molecule has 7 heteroatoms. The number of hydrazone groups is 1. The molecule has 0 aliphatic heterocycles. The van der Waals surface area contributed by atoms with Crippen molar-refractivity contribution in [3.63, 3.8) is 0 Å². The molecule has 0 bridgehead atoms. The fourth-order valence-electron chi connectivity index (χ4n) is 1.20. The van der Waals surface area contributed by atoms with Gasteiger partial charge in [-0.3, -0.25) is 4.79 Å². The molecule has 0 atom stereocenters. The van der Waals surface area contributed by atoms with Crippen molar-refractivity contribution in [3.05, 3.63) is 46.2 Å². The number of nitrogens with one attached hydrogen (secondary N) is 1. The Bertz CT molecular complexity index is 579. The standard InChI is InChI=1S/C11H9FN4OS/c1-7-10(18-16-14-7)11(17)15-13-6-8-2-4-9(12)5-3-8/h2-6H,1H3,(H,15,17)/b13-6-. The van der Waals surface area contributed by atoms with Gasteiger partial charge in [-0.2, -0.15) is 5.10 Å². The predicted molar refractivity (Wildman–Crippen MR) is 66.1 cm³/mol. The SMILES string of the molecule is Cc1nnsc1C(=O)N/N=C\c1ccc(F)cc1. The summed E-state index contributed by atoms with van der Waals surface area (Å²) < 4.78 is 16.3. The minimum atomic E-state index is -0.360. The van der Waals surface area contributed by atoms with Gasteiger partial charge in [-0.1, -0.05) is 16.6 Å². The van der Waals surface area contributed by atoms with E-state index in [0.29, 0.717) is 16.1 Å². The molecule has 0 saturated heterocycles. The van der Waals surface area contributed by atoms with Crippen LogP contribution in [0.3, 0.4) is 0 Å². The molecule has 0 radical (unpaired) electrons. The lowest BCUT2D eigenvalue weighted by Crippen LogP contribution is -2.17. The van der Waals surface area contributed by atoms with E-state index in [2.05, 4.69) is 20.1 Å². The molecule has 1 heterocycles. The van der Waals surface area contributed by atoms with Crippen LogP contribution in [0.4, 0.5) is 4.39 Å². The number of aryl methyl sites for hydroxylation is 1. The molecule has 0 unspecified atom stereocenters. The maximum Gasteiger partial charge on any atom is 0.285 e. The van der Waals surface area contributed by atoms with Gasteiger partial charge in [0.05, 0.1) is 11.9 Å². The van der Waals surface area contributed by atoms with Crippen LogP contribution in [0.1, 0.15) is 20.9 Å². The first kappa shape index (κ1) is 12.3. The monoisotopic (exact) mass is 264 g/mol. The third-order valence-corrected chi connectivity index (χ3v) is 2.93. The third kappa shape index (κ3) is 2.95. The molecule has 2 rings (SSSR count). The molecule has 1 amide bonds. The van der Waals surface area contributed by atoms with Crippen LogP contribution in [0.2, 0.25) is 0 Å². The highest BCUT2D eigenvalue weighted by atomic mass is 32.1. The third-order valence-electron chi connectivity index (χ3n) is 2.11. The molecule has 0 aliphatic carbocycles. The van der Waals surface area contributed by atoms with Gasteiger partial charge in [0.1, 0.15) is 10.7 Å². The van der Waals surface area contributed by atoms with Crippen molar-refractivity contribution in [2.45, 2.75) is 6.92 Å². The van der Waals surface area contributed by atoms with E-state index < -0.39 is 0 Å². The number of hydrogen-bond donors (Lipinski definition) is 1. The second-order valence-electron chi connectivity index (χ2n) is 3.44. The summed E-state index contributed by atoms with van der Waals surface area (Å²) in [6, 6.07) is 5.76. The number of carbonyl (C=O) groups excluding carboxylic acids is 1. The Labute approximate surface area is 107 Å². The van der Waals surface area contributed by atoms with E-state index >= 15 is 0 Å². The second-order valence-corrected chi connectivity index (χ2v) is 4.19. The van der Waals surface area contributed by atoms with E-state index in [0.717, 1.165) is 11.5 Å². The normalized spacial score (nSPS) is 10.8. The molecular formula is C11H9FN4OS. The molecule has 0 spiro atoms. The highest BCUT2D eigenvalue weighted by molar-refractivity contribution is 7.07. The molecule has 2 aromatic rings. The van der Waals surface area contributed by atoms with Gasteiger partial charge in [0, 0.05) is 0 Å². The van der Waals surface area contributed by atoms with Crippen molar-refractivity contribution >= 4 is 23.7 Å². The molecule has 5 nitrogen and oxygen atoms in total. The number of benzene rings is 1. The van der Waals surface area contributed by atoms with Crippen LogP contribution in [0.15, 0.2) is 29.4 Å². The smallest absolute Gasteiger partial charge is 0.266 e. The first-order chi connectivity index (χ1) is 8.66. The molecule has 0 fully saturated rings. The van der Waals surface area contributed by atoms with Gasteiger partial charge in [0.25, 0.3) is 5.91 Å². The number of aromatic nitrogens is 2. The van der Waals surface area contributed by atoms with E-state index in [-0.39, 0.29) is 11.7 Å². The maximum atomic E-state index is 12.6. The van der Waals surface area contributed by atoms with Gasteiger partial charge in [0.15, 0.2) is 0 Å². The minimum Gasteiger partial charge on any atom is -0.266 e. The Morgan fingerprint density at radius 2 is 2.17 bits per heavy atom. The Balaban J connectivity index is 1.98. The summed E-state index contributed by atoms with van der Waals surface area (Å²) in [6.45, 7) is 1.70. The summed E-state index contributed by atoms with van der Waals surface area (Å²) in [5, 5.41) is 7.50. The summed E-state index contributed by atoms with van der Waals surface area (Å²) in [5.74, 6) is -0.677. The topological polar surface area (TPSA) is 67.2 Å². The molecule has 92 valence electrons. The summed E-state index contributed by atoms with van der Waals surface area (Å²) in [7, 11) is 0. The molecule has 0 saturated carbocycles. The van der Waals surface area contributed by atoms with Crippen molar-refractivity contribution in [3.8, 4) is 0 Å². The zero-order chi connectivity index (χ0) is 13.0. The van der Waals surface area contributed by atoms with Gasteiger partial charge in [-0.15, -0.1) is 5.10 Å². The van der Waals surface area contributed by atoms with Gasteiger partial charge in [-0.25, -0.2) is 9.82 Å². The number of hydrogen-bond acceptors (Lipinski definition) is 5. The molecule has 0 aliphatic rings. The Morgan fingerprint density at radius 3 is 2.78 bits per heavy atom. The Kier molecular flexibility index (Phi) is 3.73. The Morgan fingerprint density at radius 1 is 1.44 bits per heavy atom. The zero-order valence-electron chi connectivity index (χ0n) is 9.42. The van der Waals surface area contributed by atoms with Crippen LogP contribution in [0.25, 0.3) is 0 Å². The van der Waals surface area contributed by atoms with Crippen molar-refractivity contribution < 1.29 is 9.18 Å². The maximum absolute atomic E-state index is 12.6. The highest BCUT2D eigenvalue weighted by Gasteiger charge is 2.11. The van der Waals surface area contributed by atoms with Crippen LogP contribution in [-0.4, -0.2) is 21.7 Å². The van der Waals surface area contributed by atoms with Gasteiger partial charge in [-0.05, 0) is 36.2 Å². The number of amides is 1. The van der Waals surface area contributed by atoms with Crippen molar-refractivity contribution in [1.82, 2.24) is 15.0 Å². The van der Waals surface area contributed by atoms with Gasteiger partial charge >= 0.3 is 0 Å². The lowest BCUT2D eigenvalue weighted by atomic mass is 10.2. The van der Waals surface area contributed by atoms with E-state index in [1.54, 1.807) is 19.1 Å². The van der Waals surface area contributed by atoms with Crippen LogP contribution < -0.4 is 5.43 Å². The largest absolute Gasteiger partial charge is 0.285 e. The van der Waals surface area contributed by atoms with E-state index in [1.807, 2.05) is 0 Å². The van der Waals surface area contributed by atoms with Crippen LogP contribution in [0.5, 0.6) is 0 Å². The first-order valence-electron chi connectivity index (χ1n) is 5.05. The minimum absolute atomic E-state index is 0.317. The highest BCUT2D eigenvalue weighted by Crippen LogP contribution is 2.08. The zero-order valence-corrected chi connectivity index (χ0v) is 10.2. The average molecular weight is 264 g/mol. The van der Waals surface area contributed by atoms with Crippen LogP contribution >= 0.6 is 11.5 Å². The van der Waals surface area contributed by atoms with E-state index in [9.17, 15) is 9.18 Å². The van der Waals surface area contributed by atoms with Gasteiger partial charge < -0.3 is 0 Å². The Hall–Kier alpha value is -2.15. The lowest BCUT2D eigenvalue weighted by molar-refractivity contribution is 0.0958. The fourth-order valence-corrected chi connectivity index (χ4v) is 1.75. The van der Waals surface area contributed by atoms with Crippen molar-refractivity contribution in [2.24, 2.45) is 5.10 Å². The fraction of sp³-hybridized carbons (Fsp3) is 0.0909. The number of rotatable bonds is 3. The van der Waals surface area contributed by atoms with Crippen LogP contribution in [-0.2, 0) is 0 Å². The van der Waals surface area contributed by atoms with Crippen molar-refractivity contribution in [2.75, 3.05) is 0 Å². The second kappa shape index (κ2) is 5.46. The first-order valence-corrected chi connectivity index (χ1v) is 5.82. The molecule has 1 aromatic carbocycles. The predicted octanol–water partition coefficient (Wildman–Crippen LogP) is 1.75. The molecule has 18 heavy (non-hydrogen) atoms. The number of carbonyl (C=O) groups is 1. The molecular weight excluding hydrogens is 255 g/mol. The van der Waals surface area contributed by atoms with Crippen molar-refractivity contribution in [1.29, 1.82) is 0 Å². The molecule has 1 N–H and O–H groups in total. The average Bonchev–Trinajstić information content (AvgIpc) is 2.78. The van der Waals surface area contributed by atoms with Crippen LogP contribution in [0, 0.1) is 12.7 Å². The van der Waals surface area contributed by atoms with Gasteiger partial charge in [0.2, 0.25) is 0 Å².